The number of ether oxygens (including phenoxy) is 1. The second-order valence-corrected chi connectivity index (χ2v) is 7.09. The van der Waals surface area contributed by atoms with Gasteiger partial charge < -0.3 is 19.5 Å². The highest BCUT2D eigenvalue weighted by Gasteiger charge is 2.33. The fraction of sp³-hybridized carbons (Fsp3) is 0.421. The van der Waals surface area contributed by atoms with E-state index in [2.05, 4.69) is 10.3 Å². The number of nitrogens with zero attached hydrogens (tertiary/aromatic N) is 4. The van der Waals surface area contributed by atoms with Crippen molar-refractivity contribution in [1.29, 1.82) is 0 Å². The van der Waals surface area contributed by atoms with Crippen molar-refractivity contribution in [3.05, 3.63) is 42.7 Å². The Morgan fingerprint density at radius 3 is 2.96 bits per heavy atom. The standard InChI is InChI=1S/C19H22FN5O3/c1-13(26)22-9-16-11-25(19(27)28-16)14-2-3-18(17(20)8-14)23-6-4-15(10-23)24-7-5-21-12-24/h2-3,5,7-8,12,15-16H,4,6,9-11H2,1H3,(H,22,26)/t15-,16+/m1/s1. The molecule has 0 bridgehead atoms. The molecule has 2 fully saturated rings. The summed E-state index contributed by atoms with van der Waals surface area (Å²) < 4.78 is 22.1. The van der Waals surface area contributed by atoms with Crippen LogP contribution < -0.4 is 15.1 Å². The Morgan fingerprint density at radius 2 is 2.25 bits per heavy atom. The first-order valence-corrected chi connectivity index (χ1v) is 9.26. The smallest absolute Gasteiger partial charge is 0.414 e. The number of carbonyl (C=O) groups is 2. The minimum absolute atomic E-state index is 0.190. The lowest BCUT2D eigenvalue weighted by Gasteiger charge is -2.21. The summed E-state index contributed by atoms with van der Waals surface area (Å²) >= 11 is 0. The van der Waals surface area contributed by atoms with Crippen LogP contribution in [-0.4, -0.2) is 53.8 Å². The second kappa shape index (κ2) is 7.49. The first kappa shape index (κ1) is 18.3. The molecule has 2 aliphatic heterocycles. The number of nitrogens with one attached hydrogen (secondary N) is 1. The van der Waals surface area contributed by atoms with E-state index in [4.69, 9.17) is 4.74 Å². The van der Waals surface area contributed by atoms with Crippen LogP contribution >= 0.6 is 0 Å². The molecule has 8 nitrogen and oxygen atoms in total. The van der Waals surface area contributed by atoms with E-state index in [9.17, 15) is 14.0 Å². The Morgan fingerprint density at radius 1 is 1.39 bits per heavy atom. The summed E-state index contributed by atoms with van der Waals surface area (Å²) in [5, 5.41) is 2.62. The maximum atomic E-state index is 14.8. The molecule has 1 N–H and O–H groups in total. The molecule has 2 atom stereocenters. The van der Waals surface area contributed by atoms with Crippen LogP contribution in [0, 0.1) is 5.82 Å². The second-order valence-electron chi connectivity index (χ2n) is 7.09. The van der Waals surface area contributed by atoms with Gasteiger partial charge in [0.15, 0.2) is 0 Å². The number of halogens is 1. The van der Waals surface area contributed by atoms with Gasteiger partial charge in [-0.1, -0.05) is 0 Å². The van der Waals surface area contributed by atoms with E-state index in [1.807, 2.05) is 15.7 Å². The Bertz CT molecular complexity index is 872. The number of hydrogen-bond acceptors (Lipinski definition) is 5. The molecule has 2 saturated heterocycles. The Balaban J connectivity index is 1.43. The summed E-state index contributed by atoms with van der Waals surface area (Å²) in [6.45, 7) is 3.37. The quantitative estimate of drug-likeness (QED) is 0.848. The van der Waals surface area contributed by atoms with Crippen LogP contribution in [0.5, 0.6) is 0 Å². The SMILES string of the molecule is CC(=O)NC[C@H]1CN(c2ccc(N3CC[C@@H](n4ccnc4)C3)c(F)c2)C(=O)O1. The van der Waals surface area contributed by atoms with Crippen molar-refractivity contribution in [3.63, 3.8) is 0 Å². The molecule has 2 aliphatic rings. The summed E-state index contributed by atoms with van der Waals surface area (Å²) in [6.07, 6.45) is 5.37. The number of amides is 2. The lowest BCUT2D eigenvalue weighted by atomic mass is 10.2. The highest BCUT2D eigenvalue weighted by Crippen LogP contribution is 2.32. The topological polar surface area (TPSA) is 79.7 Å². The van der Waals surface area contributed by atoms with E-state index in [0.29, 0.717) is 17.9 Å². The molecule has 1 aromatic heterocycles. The van der Waals surface area contributed by atoms with Gasteiger partial charge in [-0.05, 0) is 24.6 Å². The average Bonchev–Trinajstić information content (AvgIpc) is 3.40. The van der Waals surface area contributed by atoms with Gasteiger partial charge in [0.25, 0.3) is 0 Å². The van der Waals surface area contributed by atoms with Crippen molar-refractivity contribution in [2.24, 2.45) is 0 Å². The van der Waals surface area contributed by atoms with Gasteiger partial charge in [0.05, 0.1) is 36.8 Å². The van der Waals surface area contributed by atoms with Crippen LogP contribution in [0.15, 0.2) is 36.9 Å². The lowest BCUT2D eigenvalue weighted by molar-refractivity contribution is -0.119. The third-order valence-corrected chi connectivity index (χ3v) is 5.15. The van der Waals surface area contributed by atoms with Crippen LogP contribution in [-0.2, 0) is 9.53 Å². The van der Waals surface area contributed by atoms with Crippen LogP contribution in [0.4, 0.5) is 20.6 Å². The molecule has 0 saturated carbocycles. The molecule has 0 unspecified atom stereocenters. The van der Waals surface area contributed by atoms with Crippen LogP contribution in [0.3, 0.4) is 0 Å². The Kier molecular flexibility index (Phi) is 4.89. The molecule has 4 rings (SSSR count). The minimum atomic E-state index is -0.538. The molecule has 2 aromatic rings. The molecule has 3 heterocycles. The van der Waals surface area contributed by atoms with Gasteiger partial charge in [0, 0.05) is 32.4 Å². The van der Waals surface area contributed by atoms with Gasteiger partial charge in [-0.3, -0.25) is 9.69 Å². The van der Waals surface area contributed by atoms with E-state index < -0.39 is 12.2 Å². The third kappa shape index (κ3) is 3.64. The Hall–Kier alpha value is -3.10. The zero-order valence-corrected chi connectivity index (χ0v) is 15.5. The maximum absolute atomic E-state index is 14.8. The normalized spacial score (nSPS) is 21.9. The number of aromatic nitrogens is 2. The van der Waals surface area contributed by atoms with Crippen LogP contribution in [0.25, 0.3) is 0 Å². The maximum Gasteiger partial charge on any atom is 0.414 e. The molecule has 0 radical (unpaired) electrons. The summed E-state index contributed by atoms with van der Waals surface area (Å²) in [5.41, 5.74) is 0.968. The molecule has 2 amide bonds. The van der Waals surface area contributed by atoms with Gasteiger partial charge in [0.2, 0.25) is 5.91 Å². The van der Waals surface area contributed by atoms with E-state index in [1.165, 1.54) is 17.9 Å². The van der Waals surface area contributed by atoms with Crippen molar-refractivity contribution in [3.8, 4) is 0 Å². The van der Waals surface area contributed by atoms with Crippen molar-refractivity contribution >= 4 is 23.4 Å². The minimum Gasteiger partial charge on any atom is -0.442 e. The van der Waals surface area contributed by atoms with Crippen molar-refractivity contribution in [1.82, 2.24) is 14.9 Å². The molecule has 1 aromatic carbocycles. The number of imidazole rings is 1. The summed E-state index contributed by atoms with van der Waals surface area (Å²) in [7, 11) is 0. The predicted octanol–water partition coefficient (Wildman–Crippen LogP) is 1.93. The van der Waals surface area contributed by atoms with Crippen LogP contribution in [0.1, 0.15) is 19.4 Å². The Labute approximate surface area is 161 Å². The number of cyclic esters (lactones) is 1. The number of anilines is 2. The fourth-order valence-electron chi connectivity index (χ4n) is 3.71. The first-order valence-electron chi connectivity index (χ1n) is 9.26. The van der Waals surface area contributed by atoms with E-state index in [1.54, 1.807) is 24.7 Å². The lowest BCUT2D eigenvalue weighted by Crippen LogP contribution is -2.33. The molecular weight excluding hydrogens is 365 g/mol. The van der Waals surface area contributed by atoms with E-state index in [-0.39, 0.29) is 30.9 Å². The molecular formula is C19H22FN5O3. The van der Waals surface area contributed by atoms with Gasteiger partial charge >= 0.3 is 6.09 Å². The first-order chi connectivity index (χ1) is 13.5. The van der Waals surface area contributed by atoms with Gasteiger partial charge in [-0.25, -0.2) is 14.2 Å². The number of carbonyl (C=O) groups excluding carboxylic acids is 2. The highest BCUT2D eigenvalue weighted by molar-refractivity contribution is 5.90. The van der Waals surface area contributed by atoms with Gasteiger partial charge in [0.1, 0.15) is 11.9 Å². The average molecular weight is 387 g/mol. The predicted molar refractivity (Wildman–Crippen MR) is 101 cm³/mol. The number of benzene rings is 1. The largest absolute Gasteiger partial charge is 0.442 e. The van der Waals surface area contributed by atoms with Crippen molar-refractivity contribution < 1.29 is 18.7 Å². The fourth-order valence-corrected chi connectivity index (χ4v) is 3.71. The zero-order chi connectivity index (χ0) is 19.7. The molecule has 148 valence electrons. The van der Waals surface area contributed by atoms with Crippen molar-refractivity contribution in [2.75, 3.05) is 36.0 Å². The zero-order valence-electron chi connectivity index (χ0n) is 15.5. The van der Waals surface area contributed by atoms with E-state index in [0.717, 1.165) is 13.0 Å². The van der Waals surface area contributed by atoms with Gasteiger partial charge in [-0.15, -0.1) is 0 Å². The molecule has 9 heteroatoms. The number of rotatable bonds is 5. The molecule has 0 spiro atoms. The van der Waals surface area contributed by atoms with E-state index >= 15 is 0 Å². The number of hydrogen-bond donors (Lipinski definition) is 1. The van der Waals surface area contributed by atoms with Crippen molar-refractivity contribution in [2.45, 2.75) is 25.5 Å². The highest BCUT2D eigenvalue weighted by atomic mass is 19.1. The third-order valence-electron chi connectivity index (χ3n) is 5.15. The molecule has 28 heavy (non-hydrogen) atoms. The summed E-state index contributed by atoms with van der Waals surface area (Å²) in [5.74, 6) is -0.564. The summed E-state index contributed by atoms with van der Waals surface area (Å²) in [6, 6.07) is 5.06. The monoisotopic (exact) mass is 387 g/mol. The summed E-state index contributed by atoms with van der Waals surface area (Å²) in [4.78, 5) is 30.6. The van der Waals surface area contributed by atoms with Crippen LogP contribution in [0.2, 0.25) is 0 Å². The van der Waals surface area contributed by atoms with Gasteiger partial charge in [-0.2, -0.15) is 0 Å². The molecule has 0 aliphatic carbocycles.